The van der Waals surface area contributed by atoms with Gasteiger partial charge >= 0.3 is 0 Å². The summed E-state index contributed by atoms with van der Waals surface area (Å²) >= 11 is 0. The Morgan fingerprint density at radius 1 is 1.17 bits per heavy atom. The first-order valence-corrected chi connectivity index (χ1v) is 4.90. The number of amides is 1. The van der Waals surface area contributed by atoms with Gasteiger partial charge in [-0.05, 0) is 24.3 Å². The molecule has 2 rings (SSSR count). The molecule has 1 aromatic heterocycles. The largest absolute Gasteiger partial charge is 0.366 e. The van der Waals surface area contributed by atoms with Crippen LogP contribution in [0.4, 0.5) is 13.2 Å². The van der Waals surface area contributed by atoms with Gasteiger partial charge in [0.05, 0.1) is 11.3 Å². The van der Waals surface area contributed by atoms with E-state index in [-0.39, 0.29) is 16.8 Å². The maximum atomic E-state index is 13.1. The van der Waals surface area contributed by atoms with Crippen LogP contribution in [-0.2, 0) is 0 Å². The number of pyridine rings is 1. The van der Waals surface area contributed by atoms with E-state index in [2.05, 4.69) is 4.98 Å². The molecule has 0 aliphatic carbocycles. The average molecular weight is 252 g/mol. The van der Waals surface area contributed by atoms with Gasteiger partial charge in [0.25, 0.3) is 5.91 Å². The first-order chi connectivity index (χ1) is 8.50. The van der Waals surface area contributed by atoms with Gasteiger partial charge in [0.15, 0.2) is 17.5 Å². The first-order valence-electron chi connectivity index (χ1n) is 4.90. The number of nitrogens with two attached hydrogens (primary N) is 1. The highest BCUT2D eigenvalue weighted by atomic mass is 19.2. The third kappa shape index (κ3) is 2.04. The van der Waals surface area contributed by atoms with E-state index in [1.54, 1.807) is 0 Å². The normalized spacial score (nSPS) is 10.4. The topological polar surface area (TPSA) is 56.0 Å². The SMILES string of the molecule is NC(=O)c1cccnc1-c1cc(F)c(F)c(F)c1. The number of benzene rings is 1. The minimum atomic E-state index is -1.57. The number of nitrogens with zero attached hydrogens (tertiary/aromatic N) is 1. The van der Waals surface area contributed by atoms with Crippen molar-refractivity contribution < 1.29 is 18.0 Å². The Bertz CT molecular complexity index is 605. The van der Waals surface area contributed by atoms with E-state index in [1.807, 2.05) is 0 Å². The molecule has 2 aromatic rings. The Kier molecular flexibility index (Phi) is 3.01. The number of carbonyl (C=O) groups is 1. The van der Waals surface area contributed by atoms with Crippen molar-refractivity contribution in [2.24, 2.45) is 5.73 Å². The molecule has 92 valence electrons. The molecule has 0 atom stereocenters. The molecule has 0 aliphatic heterocycles. The van der Waals surface area contributed by atoms with Crippen molar-refractivity contribution in [3.63, 3.8) is 0 Å². The Labute approximate surface area is 100 Å². The van der Waals surface area contributed by atoms with Crippen molar-refractivity contribution in [2.45, 2.75) is 0 Å². The van der Waals surface area contributed by atoms with Gasteiger partial charge in [-0.2, -0.15) is 0 Å². The van der Waals surface area contributed by atoms with Crippen LogP contribution in [0.3, 0.4) is 0 Å². The molecule has 0 saturated carbocycles. The molecule has 0 spiro atoms. The lowest BCUT2D eigenvalue weighted by Gasteiger charge is -2.06. The van der Waals surface area contributed by atoms with E-state index in [9.17, 15) is 18.0 Å². The summed E-state index contributed by atoms with van der Waals surface area (Å²) in [7, 11) is 0. The maximum absolute atomic E-state index is 13.1. The highest BCUT2D eigenvalue weighted by molar-refractivity contribution is 5.98. The molecule has 0 radical (unpaired) electrons. The molecule has 1 aromatic carbocycles. The van der Waals surface area contributed by atoms with Crippen LogP contribution < -0.4 is 5.73 Å². The summed E-state index contributed by atoms with van der Waals surface area (Å²) in [5.74, 6) is -5.07. The van der Waals surface area contributed by atoms with Crippen LogP contribution in [-0.4, -0.2) is 10.9 Å². The molecule has 1 heterocycles. The quantitative estimate of drug-likeness (QED) is 0.833. The van der Waals surface area contributed by atoms with Crippen molar-refractivity contribution in [3.05, 3.63) is 53.5 Å². The zero-order valence-electron chi connectivity index (χ0n) is 8.95. The van der Waals surface area contributed by atoms with E-state index < -0.39 is 23.4 Å². The van der Waals surface area contributed by atoms with Gasteiger partial charge in [-0.25, -0.2) is 13.2 Å². The van der Waals surface area contributed by atoms with Gasteiger partial charge < -0.3 is 5.73 Å². The van der Waals surface area contributed by atoms with Crippen LogP contribution in [0.25, 0.3) is 11.3 Å². The Balaban J connectivity index is 2.66. The van der Waals surface area contributed by atoms with Gasteiger partial charge in [-0.3, -0.25) is 9.78 Å². The molecule has 3 nitrogen and oxygen atoms in total. The van der Waals surface area contributed by atoms with E-state index in [0.717, 1.165) is 12.1 Å². The van der Waals surface area contributed by atoms with Crippen LogP contribution in [0.2, 0.25) is 0 Å². The van der Waals surface area contributed by atoms with Gasteiger partial charge in [0, 0.05) is 11.8 Å². The predicted molar refractivity (Wildman–Crippen MR) is 58.1 cm³/mol. The van der Waals surface area contributed by atoms with E-state index >= 15 is 0 Å². The molecule has 1 amide bonds. The van der Waals surface area contributed by atoms with Crippen LogP contribution in [0.15, 0.2) is 30.5 Å². The highest BCUT2D eigenvalue weighted by Gasteiger charge is 2.16. The van der Waals surface area contributed by atoms with Gasteiger partial charge in [-0.15, -0.1) is 0 Å². The summed E-state index contributed by atoms with van der Waals surface area (Å²) in [6, 6.07) is 4.34. The standard InChI is InChI=1S/C12H7F3N2O/c13-8-4-6(5-9(14)10(8)15)11-7(12(16)18)2-1-3-17-11/h1-5H,(H2,16,18). The Hall–Kier alpha value is -2.37. The minimum Gasteiger partial charge on any atom is -0.366 e. The molecular formula is C12H7F3N2O. The van der Waals surface area contributed by atoms with Crippen molar-refractivity contribution in [2.75, 3.05) is 0 Å². The van der Waals surface area contributed by atoms with Crippen molar-refractivity contribution in [1.29, 1.82) is 0 Å². The molecule has 6 heteroatoms. The lowest BCUT2D eigenvalue weighted by molar-refractivity contribution is 0.100. The Morgan fingerprint density at radius 2 is 1.78 bits per heavy atom. The van der Waals surface area contributed by atoms with E-state index in [1.165, 1.54) is 18.3 Å². The smallest absolute Gasteiger partial charge is 0.250 e. The van der Waals surface area contributed by atoms with E-state index in [0.29, 0.717) is 0 Å². The maximum Gasteiger partial charge on any atom is 0.250 e. The fraction of sp³-hybridized carbons (Fsp3) is 0. The second-order valence-corrected chi connectivity index (χ2v) is 3.52. The van der Waals surface area contributed by atoms with Crippen LogP contribution >= 0.6 is 0 Å². The van der Waals surface area contributed by atoms with Crippen molar-refractivity contribution in [3.8, 4) is 11.3 Å². The number of primary amides is 1. The van der Waals surface area contributed by atoms with Crippen LogP contribution in [0.1, 0.15) is 10.4 Å². The van der Waals surface area contributed by atoms with E-state index in [4.69, 9.17) is 5.73 Å². The monoisotopic (exact) mass is 252 g/mol. The Morgan fingerprint density at radius 3 is 2.33 bits per heavy atom. The first kappa shape index (κ1) is 12.1. The summed E-state index contributed by atoms with van der Waals surface area (Å²) < 4.78 is 39.0. The molecule has 0 saturated heterocycles. The fourth-order valence-electron chi connectivity index (χ4n) is 1.53. The second-order valence-electron chi connectivity index (χ2n) is 3.52. The number of rotatable bonds is 2. The predicted octanol–water partition coefficient (Wildman–Crippen LogP) is 2.26. The zero-order valence-corrected chi connectivity index (χ0v) is 8.95. The van der Waals surface area contributed by atoms with Crippen molar-refractivity contribution in [1.82, 2.24) is 4.98 Å². The van der Waals surface area contributed by atoms with Crippen LogP contribution in [0, 0.1) is 17.5 Å². The number of aromatic nitrogens is 1. The van der Waals surface area contributed by atoms with Gasteiger partial charge in [0.1, 0.15) is 0 Å². The van der Waals surface area contributed by atoms with Gasteiger partial charge in [-0.1, -0.05) is 0 Å². The lowest BCUT2D eigenvalue weighted by Crippen LogP contribution is -2.13. The summed E-state index contributed by atoms with van der Waals surface area (Å²) in [6.45, 7) is 0. The molecule has 0 unspecified atom stereocenters. The summed E-state index contributed by atoms with van der Waals surface area (Å²) in [5, 5.41) is 0. The minimum absolute atomic E-state index is 0.00259. The molecule has 0 bridgehead atoms. The molecular weight excluding hydrogens is 245 g/mol. The van der Waals surface area contributed by atoms with Crippen molar-refractivity contribution >= 4 is 5.91 Å². The summed E-state index contributed by atoms with van der Waals surface area (Å²) in [6.07, 6.45) is 1.33. The third-order valence-electron chi connectivity index (χ3n) is 2.33. The summed E-state index contributed by atoms with van der Waals surface area (Å²) in [4.78, 5) is 15.0. The summed E-state index contributed by atoms with van der Waals surface area (Å²) in [5.41, 5.74) is 5.07. The molecule has 18 heavy (non-hydrogen) atoms. The second kappa shape index (κ2) is 4.48. The van der Waals surface area contributed by atoms with Crippen LogP contribution in [0.5, 0.6) is 0 Å². The average Bonchev–Trinajstić information content (AvgIpc) is 2.35. The third-order valence-corrected chi connectivity index (χ3v) is 2.33. The number of carbonyl (C=O) groups excluding carboxylic acids is 1. The van der Waals surface area contributed by atoms with Gasteiger partial charge in [0.2, 0.25) is 0 Å². The fourth-order valence-corrected chi connectivity index (χ4v) is 1.53. The lowest BCUT2D eigenvalue weighted by atomic mass is 10.0. The zero-order chi connectivity index (χ0) is 13.3. The number of halogens is 3. The molecule has 0 aliphatic rings. The highest BCUT2D eigenvalue weighted by Crippen LogP contribution is 2.24. The molecule has 0 fully saturated rings. The number of hydrogen-bond acceptors (Lipinski definition) is 2. The molecule has 2 N–H and O–H groups in total. The number of hydrogen-bond donors (Lipinski definition) is 1.